The molecule has 2 amide bonds. The van der Waals surface area contributed by atoms with Crippen molar-refractivity contribution in [3.05, 3.63) is 64.7 Å². The number of carbonyl (C=O) groups excluding carboxylic acids is 2. The molecule has 1 aliphatic rings. The van der Waals surface area contributed by atoms with Gasteiger partial charge in [0.1, 0.15) is 5.75 Å². The van der Waals surface area contributed by atoms with Gasteiger partial charge in [0.2, 0.25) is 0 Å². The molecule has 0 fully saturated rings. The van der Waals surface area contributed by atoms with Crippen LogP contribution < -0.4 is 15.4 Å². The van der Waals surface area contributed by atoms with Crippen molar-refractivity contribution in [2.24, 2.45) is 4.99 Å². The van der Waals surface area contributed by atoms with Gasteiger partial charge in [-0.2, -0.15) is 0 Å². The second-order valence-corrected chi connectivity index (χ2v) is 7.45. The minimum atomic E-state index is -0.199. The van der Waals surface area contributed by atoms with Crippen LogP contribution in [0.3, 0.4) is 0 Å². The number of carbonyl (C=O) groups is 2. The van der Waals surface area contributed by atoms with Gasteiger partial charge in [0, 0.05) is 25.2 Å². The number of nitrogens with one attached hydrogen (secondary N) is 2. The number of fused-ring (bicyclic) bond motifs is 1. The highest BCUT2D eigenvalue weighted by atomic mass is 127. The number of guanidine groups is 1. The zero-order chi connectivity index (χ0) is 22.2. The van der Waals surface area contributed by atoms with Gasteiger partial charge in [-0.3, -0.25) is 14.5 Å². The molecule has 1 aliphatic heterocycles. The highest BCUT2D eigenvalue weighted by Gasteiger charge is 2.34. The molecule has 32 heavy (non-hydrogen) atoms. The first-order valence-corrected chi connectivity index (χ1v) is 10.7. The van der Waals surface area contributed by atoms with Gasteiger partial charge >= 0.3 is 0 Å². The van der Waals surface area contributed by atoms with E-state index in [1.807, 2.05) is 32.0 Å². The number of aryl methyl sites for hydroxylation is 1. The summed E-state index contributed by atoms with van der Waals surface area (Å²) >= 11 is 0. The summed E-state index contributed by atoms with van der Waals surface area (Å²) in [7, 11) is 1.67. The number of rotatable bonds is 9. The van der Waals surface area contributed by atoms with Crippen LogP contribution in [0.25, 0.3) is 0 Å². The van der Waals surface area contributed by atoms with Crippen molar-refractivity contribution in [3.63, 3.8) is 0 Å². The van der Waals surface area contributed by atoms with Gasteiger partial charge in [-0.05, 0) is 50.5 Å². The molecular weight excluding hydrogens is 519 g/mol. The third-order valence-corrected chi connectivity index (χ3v) is 5.17. The molecule has 0 atom stereocenters. The molecule has 3 rings (SSSR count). The van der Waals surface area contributed by atoms with E-state index < -0.39 is 0 Å². The predicted molar refractivity (Wildman–Crippen MR) is 137 cm³/mol. The molecule has 0 unspecified atom stereocenters. The summed E-state index contributed by atoms with van der Waals surface area (Å²) in [4.78, 5) is 30.8. The largest absolute Gasteiger partial charge is 0.496 e. The monoisotopic (exact) mass is 550 g/mol. The normalized spacial score (nSPS) is 13.0. The summed E-state index contributed by atoms with van der Waals surface area (Å²) in [6.07, 6.45) is 1.54. The van der Waals surface area contributed by atoms with Crippen molar-refractivity contribution < 1.29 is 14.3 Å². The van der Waals surface area contributed by atoms with E-state index in [0.29, 0.717) is 30.8 Å². The van der Waals surface area contributed by atoms with Crippen LogP contribution in [0.15, 0.2) is 47.5 Å². The molecule has 172 valence electrons. The van der Waals surface area contributed by atoms with Crippen molar-refractivity contribution >= 4 is 41.8 Å². The third kappa shape index (κ3) is 6.21. The summed E-state index contributed by atoms with van der Waals surface area (Å²) < 4.78 is 5.45. The lowest BCUT2D eigenvalue weighted by Gasteiger charge is -2.15. The molecule has 0 aliphatic carbocycles. The van der Waals surface area contributed by atoms with E-state index in [2.05, 4.69) is 15.6 Å². The van der Waals surface area contributed by atoms with Crippen LogP contribution in [0.4, 0.5) is 0 Å². The van der Waals surface area contributed by atoms with Crippen molar-refractivity contribution in [1.29, 1.82) is 0 Å². The fraction of sp³-hybridized carbons (Fsp3) is 0.375. The Labute approximate surface area is 206 Å². The van der Waals surface area contributed by atoms with Crippen LogP contribution in [-0.4, -0.2) is 49.4 Å². The topological polar surface area (TPSA) is 83.0 Å². The molecule has 8 heteroatoms. The van der Waals surface area contributed by atoms with Crippen LogP contribution in [0.2, 0.25) is 0 Å². The minimum Gasteiger partial charge on any atom is -0.496 e. The molecule has 0 aromatic heterocycles. The number of imide groups is 1. The molecule has 2 aromatic carbocycles. The number of halogens is 1. The van der Waals surface area contributed by atoms with Crippen LogP contribution in [0.5, 0.6) is 5.75 Å². The summed E-state index contributed by atoms with van der Waals surface area (Å²) in [6.45, 7) is 6.43. The number of benzene rings is 2. The third-order valence-electron chi connectivity index (χ3n) is 5.17. The Kier molecular flexibility index (Phi) is 9.96. The Morgan fingerprint density at radius 3 is 2.34 bits per heavy atom. The molecule has 0 spiro atoms. The quantitative estimate of drug-likeness (QED) is 0.164. The Balaban J connectivity index is 0.00000363. The van der Waals surface area contributed by atoms with Gasteiger partial charge in [0.05, 0.1) is 24.8 Å². The fourth-order valence-electron chi connectivity index (χ4n) is 3.53. The van der Waals surface area contributed by atoms with Gasteiger partial charge in [-0.25, -0.2) is 4.99 Å². The summed E-state index contributed by atoms with van der Waals surface area (Å²) in [5.74, 6) is 1.16. The van der Waals surface area contributed by atoms with E-state index in [-0.39, 0.29) is 35.8 Å². The molecular formula is C24H31IN4O3. The number of aliphatic imine (C=N–C) groups is 1. The van der Waals surface area contributed by atoms with E-state index in [0.717, 1.165) is 42.2 Å². The van der Waals surface area contributed by atoms with Gasteiger partial charge in [0.25, 0.3) is 11.8 Å². The molecule has 0 saturated carbocycles. The molecule has 0 saturated heterocycles. The number of methoxy groups -OCH3 is 1. The zero-order valence-electron chi connectivity index (χ0n) is 18.8. The average molecular weight is 550 g/mol. The van der Waals surface area contributed by atoms with Gasteiger partial charge < -0.3 is 15.4 Å². The number of unbranched alkanes of at least 4 members (excludes halogenated alkanes) is 1. The lowest BCUT2D eigenvalue weighted by Crippen LogP contribution is -2.38. The molecule has 0 bridgehead atoms. The maximum atomic E-state index is 12.4. The van der Waals surface area contributed by atoms with E-state index in [9.17, 15) is 9.59 Å². The SMILES string of the molecule is CCNC(=NCc1ccc(C)cc1OC)NCCCCN1C(=O)c2ccccc2C1=O.I. The Morgan fingerprint density at radius 2 is 1.72 bits per heavy atom. The molecule has 1 heterocycles. The van der Waals surface area contributed by atoms with E-state index in [1.54, 1.807) is 31.4 Å². The number of ether oxygens (including phenoxy) is 1. The molecule has 0 radical (unpaired) electrons. The number of hydrogen-bond acceptors (Lipinski definition) is 4. The van der Waals surface area contributed by atoms with Crippen molar-refractivity contribution in [3.8, 4) is 5.75 Å². The maximum Gasteiger partial charge on any atom is 0.261 e. The highest BCUT2D eigenvalue weighted by Crippen LogP contribution is 2.23. The average Bonchev–Trinajstić information content (AvgIpc) is 3.02. The van der Waals surface area contributed by atoms with Crippen LogP contribution in [0, 0.1) is 6.92 Å². The summed E-state index contributed by atoms with van der Waals surface area (Å²) in [5, 5.41) is 6.55. The molecule has 2 N–H and O–H groups in total. The van der Waals surface area contributed by atoms with Gasteiger partial charge in [0.15, 0.2) is 5.96 Å². The highest BCUT2D eigenvalue weighted by molar-refractivity contribution is 14.0. The number of hydrogen-bond donors (Lipinski definition) is 2. The summed E-state index contributed by atoms with van der Waals surface area (Å²) in [6, 6.07) is 13.1. The lowest BCUT2D eigenvalue weighted by molar-refractivity contribution is 0.0652. The second kappa shape index (κ2) is 12.4. The molecule has 2 aromatic rings. The zero-order valence-corrected chi connectivity index (χ0v) is 21.1. The first kappa shape index (κ1) is 25.6. The smallest absolute Gasteiger partial charge is 0.261 e. The fourth-order valence-corrected chi connectivity index (χ4v) is 3.53. The maximum absolute atomic E-state index is 12.4. The van der Waals surface area contributed by atoms with Crippen molar-refractivity contribution in [2.75, 3.05) is 26.7 Å². The lowest BCUT2D eigenvalue weighted by atomic mass is 10.1. The standard InChI is InChI=1S/C24H30N4O3.HI/c1-4-25-24(27-16-18-12-11-17(2)15-21(18)31-3)26-13-7-8-14-28-22(29)19-9-5-6-10-20(19)23(28)30;/h5-6,9-12,15H,4,7-8,13-14,16H2,1-3H3,(H2,25,26,27);1H. The molecule has 7 nitrogen and oxygen atoms in total. The van der Waals surface area contributed by atoms with E-state index in [1.165, 1.54) is 4.90 Å². The first-order chi connectivity index (χ1) is 15.0. The Bertz CT molecular complexity index is 942. The van der Waals surface area contributed by atoms with E-state index >= 15 is 0 Å². The number of nitrogens with zero attached hydrogens (tertiary/aromatic N) is 2. The minimum absolute atomic E-state index is 0. The van der Waals surface area contributed by atoms with E-state index in [4.69, 9.17) is 4.74 Å². The number of amides is 2. The van der Waals surface area contributed by atoms with Crippen LogP contribution >= 0.6 is 24.0 Å². The van der Waals surface area contributed by atoms with Gasteiger partial charge in [-0.15, -0.1) is 24.0 Å². The van der Waals surface area contributed by atoms with Crippen molar-refractivity contribution in [1.82, 2.24) is 15.5 Å². The van der Waals surface area contributed by atoms with Crippen LogP contribution in [0.1, 0.15) is 51.6 Å². The Morgan fingerprint density at radius 1 is 1.03 bits per heavy atom. The summed E-state index contributed by atoms with van der Waals surface area (Å²) in [5.41, 5.74) is 3.17. The first-order valence-electron chi connectivity index (χ1n) is 10.7. The second-order valence-electron chi connectivity index (χ2n) is 7.45. The van der Waals surface area contributed by atoms with Crippen LogP contribution in [-0.2, 0) is 6.54 Å². The van der Waals surface area contributed by atoms with Crippen molar-refractivity contribution in [2.45, 2.75) is 33.2 Å². The Hall–Kier alpha value is -2.62. The predicted octanol–water partition coefficient (Wildman–Crippen LogP) is 3.75. The van der Waals surface area contributed by atoms with Gasteiger partial charge in [-0.1, -0.05) is 24.3 Å².